The molecule has 0 aromatic carbocycles. The lowest BCUT2D eigenvalue weighted by atomic mass is 10.3. The summed E-state index contributed by atoms with van der Waals surface area (Å²) in [6.07, 6.45) is 9.73. The van der Waals surface area contributed by atoms with E-state index in [0.717, 1.165) is 6.08 Å². The van der Waals surface area contributed by atoms with Crippen LogP contribution in [-0.4, -0.2) is 22.3 Å². The monoisotopic (exact) mass is 182 g/mol. The van der Waals surface area contributed by atoms with E-state index in [2.05, 4.69) is 0 Å². The predicted octanol–water partition coefficient (Wildman–Crippen LogP) is 1.51. The average molecular weight is 182 g/mol. The maximum absolute atomic E-state index is 10.0. The summed E-state index contributed by atoms with van der Waals surface area (Å²) >= 11 is 0. The summed E-state index contributed by atoms with van der Waals surface area (Å²) in [6.45, 7) is 1.67. The number of aliphatic carboxylic acids is 1. The molecular weight excluding hydrogens is 168 g/mol. The number of hydrogen-bond acceptors (Lipinski definition) is 2. The second kappa shape index (κ2) is 7.31. The third-order valence-corrected chi connectivity index (χ3v) is 1.17. The molecule has 13 heavy (non-hydrogen) atoms. The maximum atomic E-state index is 10.0. The van der Waals surface area contributed by atoms with E-state index >= 15 is 0 Å². The number of allylic oxidation sites excluding steroid dienone is 4. The number of hydrogen-bond donors (Lipinski definition) is 2. The highest BCUT2D eigenvalue weighted by molar-refractivity contribution is 5.80. The molecule has 0 bridgehead atoms. The molecular formula is C10H14O3. The van der Waals surface area contributed by atoms with E-state index in [1.165, 1.54) is 6.08 Å². The Morgan fingerprint density at radius 2 is 2.08 bits per heavy atom. The van der Waals surface area contributed by atoms with Gasteiger partial charge in [0.05, 0.1) is 6.10 Å². The van der Waals surface area contributed by atoms with Gasteiger partial charge < -0.3 is 10.2 Å². The Labute approximate surface area is 77.7 Å². The molecule has 0 aromatic rings. The minimum Gasteiger partial charge on any atom is -0.478 e. The number of carboxylic acid groups (broad SMARTS) is 1. The Bertz CT molecular complexity index is 224. The lowest BCUT2D eigenvalue weighted by Gasteiger charge is -1.90. The van der Waals surface area contributed by atoms with Crippen molar-refractivity contribution in [2.45, 2.75) is 19.4 Å². The number of carbonyl (C=O) groups is 1. The standard InChI is InChI=1S/C10H14O3/c1-9(11)7-5-3-2-4-6-8-10(12)13/h2,4-9,11H,3H2,1H3,(H,12,13)/b4-2+,7-5+,8-6+. The fourth-order valence-electron chi connectivity index (χ4n) is 0.649. The molecule has 0 aromatic heterocycles. The van der Waals surface area contributed by atoms with Gasteiger partial charge in [-0.1, -0.05) is 30.4 Å². The molecule has 72 valence electrons. The van der Waals surface area contributed by atoms with Crippen molar-refractivity contribution in [2.75, 3.05) is 0 Å². The van der Waals surface area contributed by atoms with Crippen molar-refractivity contribution in [3.8, 4) is 0 Å². The van der Waals surface area contributed by atoms with Gasteiger partial charge in [-0.25, -0.2) is 4.79 Å². The van der Waals surface area contributed by atoms with Gasteiger partial charge in [-0.2, -0.15) is 0 Å². The lowest BCUT2D eigenvalue weighted by Crippen LogP contribution is -1.90. The molecule has 0 aliphatic heterocycles. The molecule has 1 unspecified atom stereocenters. The topological polar surface area (TPSA) is 57.5 Å². The minimum absolute atomic E-state index is 0.428. The van der Waals surface area contributed by atoms with Gasteiger partial charge in [0.2, 0.25) is 0 Å². The molecule has 0 aliphatic carbocycles. The molecule has 0 radical (unpaired) electrons. The highest BCUT2D eigenvalue weighted by Gasteiger charge is 1.82. The SMILES string of the molecule is CC(O)/C=C/C/C=C/C=C/C(=O)O. The molecule has 0 heterocycles. The van der Waals surface area contributed by atoms with Crippen molar-refractivity contribution in [3.05, 3.63) is 36.5 Å². The molecule has 0 aliphatic rings. The smallest absolute Gasteiger partial charge is 0.328 e. The van der Waals surface area contributed by atoms with Crippen LogP contribution in [0.1, 0.15) is 13.3 Å². The van der Waals surface area contributed by atoms with Gasteiger partial charge in [0, 0.05) is 6.08 Å². The zero-order valence-corrected chi connectivity index (χ0v) is 7.55. The zero-order valence-electron chi connectivity index (χ0n) is 7.55. The van der Waals surface area contributed by atoms with Gasteiger partial charge in [-0.15, -0.1) is 0 Å². The minimum atomic E-state index is -0.954. The summed E-state index contributed by atoms with van der Waals surface area (Å²) in [6, 6.07) is 0. The van der Waals surface area contributed by atoms with Crippen LogP contribution in [0.25, 0.3) is 0 Å². The first-order valence-electron chi connectivity index (χ1n) is 4.04. The summed E-state index contributed by atoms with van der Waals surface area (Å²) in [4.78, 5) is 10.0. The first kappa shape index (κ1) is 11.6. The van der Waals surface area contributed by atoms with E-state index in [4.69, 9.17) is 10.2 Å². The lowest BCUT2D eigenvalue weighted by molar-refractivity contribution is -0.131. The van der Waals surface area contributed by atoms with Crippen LogP contribution in [0.2, 0.25) is 0 Å². The fraction of sp³-hybridized carbons (Fsp3) is 0.300. The van der Waals surface area contributed by atoms with Gasteiger partial charge in [-0.05, 0) is 13.3 Å². The van der Waals surface area contributed by atoms with Crippen molar-refractivity contribution in [2.24, 2.45) is 0 Å². The largest absolute Gasteiger partial charge is 0.478 e. The molecule has 2 N–H and O–H groups in total. The van der Waals surface area contributed by atoms with Crippen molar-refractivity contribution in [1.29, 1.82) is 0 Å². The van der Waals surface area contributed by atoms with Gasteiger partial charge in [0.1, 0.15) is 0 Å². The Balaban J connectivity index is 3.59. The Kier molecular flexibility index (Phi) is 6.55. The molecule has 0 fully saturated rings. The summed E-state index contributed by atoms with van der Waals surface area (Å²) in [5.41, 5.74) is 0. The predicted molar refractivity (Wildman–Crippen MR) is 51.4 cm³/mol. The van der Waals surface area contributed by atoms with E-state index in [1.807, 2.05) is 6.08 Å². The first-order valence-corrected chi connectivity index (χ1v) is 4.04. The third kappa shape index (κ3) is 10.7. The van der Waals surface area contributed by atoms with Crippen LogP contribution in [0.15, 0.2) is 36.5 Å². The number of aliphatic hydroxyl groups is 1. The van der Waals surface area contributed by atoms with Gasteiger partial charge >= 0.3 is 5.97 Å². The number of carboxylic acids is 1. The van der Waals surface area contributed by atoms with Gasteiger partial charge in [0.15, 0.2) is 0 Å². The third-order valence-electron chi connectivity index (χ3n) is 1.17. The van der Waals surface area contributed by atoms with E-state index in [1.54, 1.807) is 25.2 Å². The maximum Gasteiger partial charge on any atom is 0.328 e. The van der Waals surface area contributed by atoms with Crippen LogP contribution in [-0.2, 0) is 4.79 Å². The van der Waals surface area contributed by atoms with Gasteiger partial charge in [0.25, 0.3) is 0 Å². The highest BCUT2D eigenvalue weighted by atomic mass is 16.4. The molecule has 0 rings (SSSR count). The van der Waals surface area contributed by atoms with Crippen LogP contribution in [0.3, 0.4) is 0 Å². The summed E-state index contributed by atoms with van der Waals surface area (Å²) in [5, 5.41) is 17.0. The molecule has 0 amide bonds. The molecule has 0 spiro atoms. The molecule has 3 nitrogen and oxygen atoms in total. The normalized spacial score (nSPS) is 14.6. The van der Waals surface area contributed by atoms with Crippen LogP contribution in [0.5, 0.6) is 0 Å². The Morgan fingerprint density at radius 1 is 1.38 bits per heavy atom. The van der Waals surface area contributed by atoms with Crippen molar-refractivity contribution >= 4 is 5.97 Å². The van der Waals surface area contributed by atoms with Crippen molar-refractivity contribution in [1.82, 2.24) is 0 Å². The van der Waals surface area contributed by atoms with Crippen LogP contribution >= 0.6 is 0 Å². The Hall–Kier alpha value is -1.35. The number of aliphatic hydroxyl groups excluding tert-OH is 1. The molecule has 0 saturated carbocycles. The van der Waals surface area contributed by atoms with Crippen LogP contribution < -0.4 is 0 Å². The second-order valence-electron chi connectivity index (χ2n) is 2.53. The van der Waals surface area contributed by atoms with E-state index < -0.39 is 12.1 Å². The van der Waals surface area contributed by atoms with E-state index in [0.29, 0.717) is 6.42 Å². The van der Waals surface area contributed by atoms with E-state index in [-0.39, 0.29) is 0 Å². The van der Waals surface area contributed by atoms with Crippen LogP contribution in [0.4, 0.5) is 0 Å². The first-order chi connectivity index (χ1) is 6.13. The molecule has 1 atom stereocenters. The van der Waals surface area contributed by atoms with Crippen molar-refractivity contribution in [3.63, 3.8) is 0 Å². The highest BCUT2D eigenvalue weighted by Crippen LogP contribution is 1.89. The summed E-state index contributed by atoms with van der Waals surface area (Å²) in [7, 11) is 0. The summed E-state index contributed by atoms with van der Waals surface area (Å²) in [5.74, 6) is -0.954. The number of rotatable bonds is 5. The quantitative estimate of drug-likeness (QED) is 0.385. The van der Waals surface area contributed by atoms with Crippen molar-refractivity contribution < 1.29 is 15.0 Å². The van der Waals surface area contributed by atoms with E-state index in [9.17, 15) is 4.79 Å². The molecule has 0 saturated heterocycles. The Morgan fingerprint density at radius 3 is 2.62 bits per heavy atom. The fourth-order valence-corrected chi connectivity index (χ4v) is 0.649. The second-order valence-corrected chi connectivity index (χ2v) is 2.53. The van der Waals surface area contributed by atoms with Gasteiger partial charge in [-0.3, -0.25) is 0 Å². The van der Waals surface area contributed by atoms with Crippen LogP contribution in [0, 0.1) is 0 Å². The zero-order chi connectivity index (χ0) is 10.1. The average Bonchev–Trinajstić information content (AvgIpc) is 2.01. The molecule has 3 heteroatoms. The summed E-state index contributed by atoms with van der Waals surface area (Å²) < 4.78 is 0.